The summed E-state index contributed by atoms with van der Waals surface area (Å²) in [5, 5.41) is 8.99. The van der Waals surface area contributed by atoms with Crippen molar-refractivity contribution in [2.75, 3.05) is 24.7 Å². The molecule has 1 unspecified atom stereocenters. The Morgan fingerprint density at radius 3 is 2.89 bits per heavy atom. The molecule has 0 saturated carbocycles. The SMILES string of the molecule is CCOC(=O)c1cc(N)ccc1SCC(C)CO. The molecule has 0 aromatic heterocycles. The van der Waals surface area contributed by atoms with Gasteiger partial charge in [-0.3, -0.25) is 0 Å². The summed E-state index contributed by atoms with van der Waals surface area (Å²) in [6.45, 7) is 4.20. The molecule has 18 heavy (non-hydrogen) atoms. The summed E-state index contributed by atoms with van der Waals surface area (Å²) in [7, 11) is 0. The van der Waals surface area contributed by atoms with Gasteiger partial charge in [0, 0.05) is 22.9 Å². The van der Waals surface area contributed by atoms with E-state index in [-0.39, 0.29) is 18.5 Å². The highest BCUT2D eigenvalue weighted by Crippen LogP contribution is 2.27. The molecule has 0 bridgehead atoms. The zero-order valence-corrected chi connectivity index (χ0v) is 11.5. The molecule has 1 aromatic rings. The number of esters is 1. The van der Waals surface area contributed by atoms with E-state index in [1.54, 1.807) is 19.1 Å². The fraction of sp³-hybridized carbons (Fsp3) is 0.462. The van der Waals surface area contributed by atoms with Crippen LogP contribution >= 0.6 is 11.8 Å². The number of hydrogen-bond donors (Lipinski definition) is 2. The summed E-state index contributed by atoms with van der Waals surface area (Å²) in [4.78, 5) is 12.6. The van der Waals surface area contributed by atoms with Gasteiger partial charge in [-0.15, -0.1) is 11.8 Å². The first-order chi connectivity index (χ1) is 8.58. The predicted octanol–water partition coefficient (Wildman–Crippen LogP) is 2.17. The van der Waals surface area contributed by atoms with Crippen molar-refractivity contribution in [1.29, 1.82) is 0 Å². The van der Waals surface area contributed by atoms with E-state index in [4.69, 9.17) is 15.6 Å². The van der Waals surface area contributed by atoms with Gasteiger partial charge in [0.15, 0.2) is 0 Å². The third kappa shape index (κ3) is 4.23. The normalized spacial score (nSPS) is 12.2. The van der Waals surface area contributed by atoms with Crippen LogP contribution in [-0.4, -0.2) is 30.0 Å². The fourth-order valence-corrected chi connectivity index (χ4v) is 2.36. The number of hydrogen-bond acceptors (Lipinski definition) is 5. The molecular weight excluding hydrogens is 250 g/mol. The first-order valence-electron chi connectivity index (χ1n) is 5.88. The van der Waals surface area contributed by atoms with Gasteiger partial charge in [-0.1, -0.05) is 6.92 Å². The van der Waals surface area contributed by atoms with E-state index in [0.29, 0.717) is 17.9 Å². The molecule has 0 aliphatic carbocycles. The van der Waals surface area contributed by atoms with E-state index < -0.39 is 0 Å². The van der Waals surface area contributed by atoms with Crippen molar-refractivity contribution < 1.29 is 14.6 Å². The minimum absolute atomic E-state index is 0.136. The molecule has 0 saturated heterocycles. The summed E-state index contributed by atoms with van der Waals surface area (Å²) in [5.74, 6) is 0.568. The van der Waals surface area contributed by atoms with Gasteiger partial charge in [0.05, 0.1) is 12.2 Å². The van der Waals surface area contributed by atoms with Crippen molar-refractivity contribution >= 4 is 23.4 Å². The number of aliphatic hydroxyl groups is 1. The van der Waals surface area contributed by atoms with E-state index in [1.807, 2.05) is 13.0 Å². The van der Waals surface area contributed by atoms with E-state index in [1.165, 1.54) is 11.8 Å². The highest BCUT2D eigenvalue weighted by molar-refractivity contribution is 7.99. The highest BCUT2D eigenvalue weighted by atomic mass is 32.2. The summed E-state index contributed by atoms with van der Waals surface area (Å²) in [6.07, 6.45) is 0. The highest BCUT2D eigenvalue weighted by Gasteiger charge is 2.14. The number of ether oxygens (including phenoxy) is 1. The lowest BCUT2D eigenvalue weighted by Gasteiger charge is -2.11. The van der Waals surface area contributed by atoms with Crippen LogP contribution in [0.5, 0.6) is 0 Å². The summed E-state index contributed by atoms with van der Waals surface area (Å²) in [6, 6.07) is 5.20. The molecule has 1 aromatic carbocycles. The Hall–Kier alpha value is -1.20. The van der Waals surface area contributed by atoms with E-state index in [9.17, 15) is 4.79 Å². The third-order valence-corrected chi connectivity index (χ3v) is 3.74. The lowest BCUT2D eigenvalue weighted by molar-refractivity contribution is 0.0522. The molecule has 0 radical (unpaired) electrons. The molecule has 3 N–H and O–H groups in total. The van der Waals surface area contributed by atoms with Gasteiger partial charge < -0.3 is 15.6 Å². The number of thioether (sulfide) groups is 1. The number of nitrogen functional groups attached to an aromatic ring is 1. The molecule has 100 valence electrons. The molecule has 0 amide bonds. The number of carbonyl (C=O) groups is 1. The second-order valence-corrected chi connectivity index (χ2v) is 5.14. The molecule has 0 spiro atoms. The zero-order chi connectivity index (χ0) is 13.5. The smallest absolute Gasteiger partial charge is 0.339 e. The summed E-state index contributed by atoms with van der Waals surface area (Å²) >= 11 is 1.53. The van der Waals surface area contributed by atoms with Crippen LogP contribution in [0.2, 0.25) is 0 Å². The number of rotatable bonds is 6. The standard InChI is InChI=1S/C13H19NO3S/c1-3-17-13(16)11-6-10(14)4-5-12(11)18-8-9(2)7-15/h4-6,9,15H,3,7-8,14H2,1-2H3. The van der Waals surface area contributed by atoms with Crippen molar-refractivity contribution in [2.45, 2.75) is 18.7 Å². The van der Waals surface area contributed by atoms with E-state index in [0.717, 1.165) is 10.6 Å². The average molecular weight is 269 g/mol. The Morgan fingerprint density at radius 2 is 2.28 bits per heavy atom. The van der Waals surface area contributed by atoms with Crippen molar-refractivity contribution in [3.63, 3.8) is 0 Å². The van der Waals surface area contributed by atoms with Crippen LogP contribution in [0.3, 0.4) is 0 Å². The Labute approximate surface area is 112 Å². The minimum atomic E-state index is -0.357. The second kappa shape index (κ2) is 7.28. The molecule has 1 atom stereocenters. The molecule has 5 heteroatoms. The van der Waals surface area contributed by atoms with Crippen LogP contribution in [0.15, 0.2) is 23.1 Å². The van der Waals surface area contributed by atoms with Crippen LogP contribution in [0.1, 0.15) is 24.2 Å². The van der Waals surface area contributed by atoms with E-state index >= 15 is 0 Å². The number of nitrogens with two attached hydrogens (primary N) is 1. The second-order valence-electron chi connectivity index (χ2n) is 4.07. The van der Waals surface area contributed by atoms with Gasteiger partial charge >= 0.3 is 5.97 Å². The molecule has 0 aliphatic heterocycles. The molecule has 1 rings (SSSR count). The van der Waals surface area contributed by atoms with Gasteiger partial charge in [-0.2, -0.15) is 0 Å². The van der Waals surface area contributed by atoms with E-state index in [2.05, 4.69) is 0 Å². The van der Waals surface area contributed by atoms with Crippen molar-refractivity contribution in [2.24, 2.45) is 5.92 Å². The first-order valence-corrected chi connectivity index (χ1v) is 6.87. The monoisotopic (exact) mass is 269 g/mol. The predicted molar refractivity (Wildman–Crippen MR) is 73.8 cm³/mol. The van der Waals surface area contributed by atoms with Crippen molar-refractivity contribution in [3.05, 3.63) is 23.8 Å². The van der Waals surface area contributed by atoms with Gasteiger partial charge in [0.25, 0.3) is 0 Å². The fourth-order valence-electron chi connectivity index (χ4n) is 1.33. The van der Waals surface area contributed by atoms with Crippen molar-refractivity contribution in [3.8, 4) is 0 Å². The molecule has 0 aliphatic rings. The average Bonchev–Trinajstić information content (AvgIpc) is 2.37. The third-order valence-electron chi connectivity index (χ3n) is 2.33. The first kappa shape index (κ1) is 14.9. The maximum atomic E-state index is 11.8. The molecular formula is C13H19NO3S. The summed E-state index contributed by atoms with van der Waals surface area (Å²) in [5.41, 5.74) is 6.72. The zero-order valence-electron chi connectivity index (χ0n) is 10.7. The maximum Gasteiger partial charge on any atom is 0.339 e. The summed E-state index contributed by atoms with van der Waals surface area (Å²) < 4.78 is 5.00. The van der Waals surface area contributed by atoms with Crippen LogP contribution < -0.4 is 5.73 Å². The quantitative estimate of drug-likeness (QED) is 0.470. The Kier molecular flexibility index (Phi) is 6.01. The maximum absolute atomic E-state index is 11.8. The Balaban J connectivity index is 2.86. The van der Waals surface area contributed by atoms with Gasteiger partial charge in [0.1, 0.15) is 0 Å². The number of aliphatic hydroxyl groups excluding tert-OH is 1. The molecule has 0 heterocycles. The van der Waals surface area contributed by atoms with Crippen LogP contribution in [0.25, 0.3) is 0 Å². The molecule has 4 nitrogen and oxygen atoms in total. The topological polar surface area (TPSA) is 72.5 Å². The number of benzene rings is 1. The lowest BCUT2D eigenvalue weighted by Crippen LogP contribution is -2.08. The van der Waals surface area contributed by atoms with Crippen LogP contribution in [0, 0.1) is 5.92 Å². The Morgan fingerprint density at radius 1 is 1.56 bits per heavy atom. The van der Waals surface area contributed by atoms with Gasteiger partial charge in [0.2, 0.25) is 0 Å². The largest absolute Gasteiger partial charge is 0.462 e. The minimum Gasteiger partial charge on any atom is -0.462 e. The molecule has 0 fully saturated rings. The van der Waals surface area contributed by atoms with Crippen LogP contribution in [-0.2, 0) is 4.74 Å². The lowest BCUT2D eigenvalue weighted by atomic mass is 10.2. The van der Waals surface area contributed by atoms with Gasteiger partial charge in [-0.25, -0.2) is 4.79 Å². The number of anilines is 1. The van der Waals surface area contributed by atoms with Gasteiger partial charge in [-0.05, 0) is 31.0 Å². The number of carbonyl (C=O) groups excluding carboxylic acids is 1. The Bertz CT molecular complexity index is 409. The van der Waals surface area contributed by atoms with Crippen molar-refractivity contribution in [1.82, 2.24) is 0 Å². The van der Waals surface area contributed by atoms with Crippen LogP contribution in [0.4, 0.5) is 5.69 Å².